The first-order chi connectivity index (χ1) is 8.56. The van der Waals surface area contributed by atoms with Crippen LogP contribution in [0, 0.1) is 12.8 Å². The smallest absolute Gasteiger partial charge is 0.306 e. The summed E-state index contributed by atoms with van der Waals surface area (Å²) in [5.41, 5.74) is 0.426. The quantitative estimate of drug-likeness (QED) is 0.876. The number of hydrogen-bond acceptors (Lipinski definition) is 4. The molecule has 1 aliphatic rings. The number of aryl methyl sites for hydroxylation is 1. The summed E-state index contributed by atoms with van der Waals surface area (Å²) < 4.78 is 0. The minimum absolute atomic E-state index is 0.0469. The fourth-order valence-corrected chi connectivity index (χ4v) is 2.87. The fourth-order valence-electron chi connectivity index (χ4n) is 2.27. The monoisotopic (exact) mass is 268 g/mol. The van der Waals surface area contributed by atoms with Crippen molar-refractivity contribution in [1.82, 2.24) is 10.3 Å². The number of aliphatic carboxylic acids is 1. The number of hydrogen-bond donors (Lipinski definition) is 2. The van der Waals surface area contributed by atoms with E-state index in [0.717, 1.165) is 17.8 Å². The van der Waals surface area contributed by atoms with Crippen LogP contribution in [-0.2, 0) is 4.79 Å². The van der Waals surface area contributed by atoms with Crippen LogP contribution in [0.3, 0.4) is 0 Å². The Bertz CT molecular complexity index is 458. The van der Waals surface area contributed by atoms with Crippen LogP contribution in [0.1, 0.15) is 41.2 Å². The van der Waals surface area contributed by atoms with E-state index in [-0.39, 0.29) is 17.9 Å². The van der Waals surface area contributed by atoms with Crippen molar-refractivity contribution in [2.75, 3.05) is 0 Å². The number of carbonyl (C=O) groups is 2. The van der Waals surface area contributed by atoms with E-state index >= 15 is 0 Å². The number of carbonyl (C=O) groups excluding carboxylic acids is 1. The Morgan fingerprint density at radius 2 is 2.28 bits per heavy atom. The SMILES string of the molecule is Cc1nc(C(=O)NC2CCCC(C(=O)O)C2)cs1. The minimum Gasteiger partial charge on any atom is -0.481 e. The van der Waals surface area contributed by atoms with E-state index in [4.69, 9.17) is 5.11 Å². The Hall–Kier alpha value is -1.43. The third kappa shape index (κ3) is 3.07. The van der Waals surface area contributed by atoms with E-state index in [1.54, 1.807) is 5.38 Å². The average Bonchev–Trinajstić information content (AvgIpc) is 2.76. The Kier molecular flexibility index (Phi) is 3.96. The molecule has 5 nitrogen and oxygen atoms in total. The highest BCUT2D eigenvalue weighted by Gasteiger charge is 2.28. The molecule has 1 heterocycles. The van der Waals surface area contributed by atoms with Gasteiger partial charge in [-0.1, -0.05) is 6.42 Å². The van der Waals surface area contributed by atoms with Gasteiger partial charge in [-0.2, -0.15) is 0 Å². The number of thiazole rings is 1. The number of aromatic nitrogens is 1. The molecule has 1 saturated carbocycles. The zero-order valence-corrected chi connectivity index (χ0v) is 11.0. The minimum atomic E-state index is -0.765. The van der Waals surface area contributed by atoms with Crippen molar-refractivity contribution in [2.45, 2.75) is 38.6 Å². The van der Waals surface area contributed by atoms with E-state index in [0.29, 0.717) is 18.5 Å². The molecular formula is C12H16N2O3S. The summed E-state index contributed by atoms with van der Waals surface area (Å²) >= 11 is 1.43. The van der Waals surface area contributed by atoms with Gasteiger partial charge in [-0.15, -0.1) is 11.3 Å². The van der Waals surface area contributed by atoms with Crippen LogP contribution in [0.2, 0.25) is 0 Å². The molecule has 0 spiro atoms. The second-order valence-corrected chi connectivity index (χ2v) is 5.69. The molecule has 2 rings (SSSR count). The van der Waals surface area contributed by atoms with Crippen LogP contribution < -0.4 is 5.32 Å². The van der Waals surface area contributed by atoms with Gasteiger partial charge in [-0.3, -0.25) is 9.59 Å². The van der Waals surface area contributed by atoms with Crippen LogP contribution in [-0.4, -0.2) is 28.0 Å². The summed E-state index contributed by atoms with van der Waals surface area (Å²) in [4.78, 5) is 26.9. The normalized spacial score (nSPS) is 23.6. The lowest BCUT2D eigenvalue weighted by molar-refractivity contribution is -0.143. The molecule has 18 heavy (non-hydrogen) atoms. The second kappa shape index (κ2) is 5.48. The van der Waals surface area contributed by atoms with Crippen LogP contribution in [0.15, 0.2) is 5.38 Å². The largest absolute Gasteiger partial charge is 0.481 e. The van der Waals surface area contributed by atoms with Crippen molar-refractivity contribution in [3.63, 3.8) is 0 Å². The van der Waals surface area contributed by atoms with Gasteiger partial charge in [0, 0.05) is 11.4 Å². The van der Waals surface area contributed by atoms with Gasteiger partial charge < -0.3 is 10.4 Å². The van der Waals surface area contributed by atoms with E-state index in [9.17, 15) is 9.59 Å². The maximum absolute atomic E-state index is 11.9. The third-order valence-electron chi connectivity index (χ3n) is 3.21. The lowest BCUT2D eigenvalue weighted by Gasteiger charge is -2.27. The fraction of sp³-hybridized carbons (Fsp3) is 0.583. The third-order valence-corrected chi connectivity index (χ3v) is 3.98. The number of carboxylic acids is 1. The maximum Gasteiger partial charge on any atom is 0.306 e. The zero-order chi connectivity index (χ0) is 13.1. The first-order valence-electron chi connectivity index (χ1n) is 6.02. The van der Waals surface area contributed by atoms with Crippen LogP contribution >= 0.6 is 11.3 Å². The number of carboxylic acid groups (broad SMARTS) is 1. The molecule has 0 aliphatic heterocycles. The highest BCUT2D eigenvalue weighted by atomic mass is 32.1. The number of rotatable bonds is 3. The Labute approximate surface area is 109 Å². The van der Waals surface area contributed by atoms with Crippen molar-refractivity contribution in [2.24, 2.45) is 5.92 Å². The van der Waals surface area contributed by atoms with Gasteiger partial charge in [0.25, 0.3) is 5.91 Å². The van der Waals surface area contributed by atoms with E-state index < -0.39 is 5.97 Å². The molecule has 1 amide bonds. The molecule has 98 valence electrons. The molecule has 6 heteroatoms. The van der Waals surface area contributed by atoms with Crippen molar-refractivity contribution in [3.05, 3.63) is 16.1 Å². The number of nitrogens with zero attached hydrogens (tertiary/aromatic N) is 1. The summed E-state index contributed by atoms with van der Waals surface area (Å²) in [5, 5.41) is 14.4. The van der Waals surface area contributed by atoms with Gasteiger partial charge in [0.15, 0.2) is 0 Å². The Balaban J connectivity index is 1.93. The van der Waals surface area contributed by atoms with Crippen molar-refractivity contribution in [3.8, 4) is 0 Å². The number of nitrogens with one attached hydrogen (secondary N) is 1. The second-order valence-electron chi connectivity index (χ2n) is 4.62. The molecule has 0 bridgehead atoms. The molecule has 2 unspecified atom stereocenters. The summed E-state index contributed by atoms with van der Waals surface area (Å²) in [6.45, 7) is 1.85. The molecule has 1 aromatic heterocycles. The van der Waals surface area contributed by atoms with Crippen LogP contribution in [0.5, 0.6) is 0 Å². The molecule has 0 radical (unpaired) electrons. The molecule has 1 aromatic rings. The first-order valence-corrected chi connectivity index (χ1v) is 6.90. The van der Waals surface area contributed by atoms with Gasteiger partial charge in [0.2, 0.25) is 0 Å². The highest BCUT2D eigenvalue weighted by molar-refractivity contribution is 7.09. The van der Waals surface area contributed by atoms with Crippen molar-refractivity contribution in [1.29, 1.82) is 0 Å². The summed E-state index contributed by atoms with van der Waals surface area (Å²) in [5.74, 6) is -1.30. The van der Waals surface area contributed by atoms with Crippen molar-refractivity contribution < 1.29 is 14.7 Å². The molecule has 1 fully saturated rings. The molecule has 2 atom stereocenters. The van der Waals surface area contributed by atoms with Gasteiger partial charge in [-0.25, -0.2) is 4.98 Å². The topological polar surface area (TPSA) is 79.3 Å². The van der Waals surface area contributed by atoms with Gasteiger partial charge in [0.1, 0.15) is 5.69 Å². The molecule has 0 aromatic carbocycles. The maximum atomic E-state index is 11.9. The Morgan fingerprint density at radius 1 is 1.50 bits per heavy atom. The summed E-state index contributed by atoms with van der Waals surface area (Å²) in [6.07, 6.45) is 2.92. The predicted octanol–water partition coefficient (Wildman–Crippen LogP) is 1.82. The zero-order valence-electron chi connectivity index (χ0n) is 10.2. The lowest BCUT2D eigenvalue weighted by atomic mass is 9.86. The Morgan fingerprint density at radius 3 is 2.89 bits per heavy atom. The molecular weight excluding hydrogens is 252 g/mol. The predicted molar refractivity (Wildman–Crippen MR) is 67.7 cm³/mol. The standard InChI is InChI=1S/C12H16N2O3S/c1-7-13-10(6-18-7)11(15)14-9-4-2-3-8(5-9)12(16)17/h6,8-9H,2-5H2,1H3,(H,14,15)(H,16,17). The average molecular weight is 268 g/mol. The molecule has 0 saturated heterocycles. The van der Waals surface area contributed by atoms with Crippen LogP contribution in [0.25, 0.3) is 0 Å². The summed E-state index contributed by atoms with van der Waals surface area (Å²) in [7, 11) is 0. The van der Waals surface area contributed by atoms with Gasteiger partial charge >= 0.3 is 5.97 Å². The molecule has 2 N–H and O–H groups in total. The van der Waals surface area contributed by atoms with Gasteiger partial charge in [-0.05, 0) is 26.2 Å². The van der Waals surface area contributed by atoms with E-state index in [1.807, 2.05) is 6.92 Å². The highest BCUT2D eigenvalue weighted by Crippen LogP contribution is 2.24. The van der Waals surface area contributed by atoms with Gasteiger partial charge in [0.05, 0.1) is 10.9 Å². The summed E-state index contributed by atoms with van der Waals surface area (Å²) in [6, 6.07) is -0.0469. The molecule has 1 aliphatic carbocycles. The van der Waals surface area contributed by atoms with E-state index in [2.05, 4.69) is 10.3 Å². The number of amides is 1. The first kappa shape index (κ1) is 13.0. The van der Waals surface area contributed by atoms with E-state index in [1.165, 1.54) is 11.3 Å². The van der Waals surface area contributed by atoms with Crippen molar-refractivity contribution >= 4 is 23.2 Å². The van der Waals surface area contributed by atoms with Crippen LogP contribution in [0.4, 0.5) is 0 Å². The lowest BCUT2D eigenvalue weighted by Crippen LogP contribution is -2.40.